The molecule has 1 rings (SSSR count). The number of hydrogen-bond acceptors (Lipinski definition) is 6. The number of amides is 1. The van der Waals surface area contributed by atoms with Crippen molar-refractivity contribution in [3.8, 4) is 0 Å². The molecule has 0 heterocycles. The van der Waals surface area contributed by atoms with Gasteiger partial charge in [0.25, 0.3) is 6.47 Å². The van der Waals surface area contributed by atoms with E-state index in [1.807, 2.05) is 0 Å². The molecule has 1 unspecified atom stereocenters. The van der Waals surface area contributed by atoms with Crippen LogP contribution in [0.25, 0.3) is 0 Å². The number of nitrogens with one attached hydrogen (secondary N) is 1. The fourth-order valence-corrected chi connectivity index (χ4v) is 1.76. The maximum Gasteiger partial charge on any atom is 0.349 e. The molecule has 0 saturated carbocycles. The van der Waals surface area contributed by atoms with E-state index in [-0.39, 0.29) is 24.0 Å². The summed E-state index contributed by atoms with van der Waals surface area (Å²) >= 11 is 0. The lowest BCUT2D eigenvalue weighted by Gasteiger charge is -2.24. The predicted molar refractivity (Wildman–Crippen MR) is 74.8 cm³/mol. The minimum absolute atomic E-state index is 0.00752. The number of carboxylic acids is 2. The number of aliphatic carboxylic acids is 1. The van der Waals surface area contributed by atoms with Gasteiger partial charge in [-0.1, -0.05) is 0 Å². The van der Waals surface area contributed by atoms with Gasteiger partial charge in [-0.15, -0.1) is 0 Å². The fraction of sp³-hybridized carbons (Fsp3) is 0.214. The summed E-state index contributed by atoms with van der Waals surface area (Å²) in [7, 11) is 0. The molecule has 0 radical (unpaired) electrons. The zero-order valence-corrected chi connectivity index (χ0v) is 11.7. The lowest BCUT2D eigenvalue weighted by atomic mass is 9.95. The average Bonchev–Trinajstić information content (AvgIpc) is 2.47. The third kappa shape index (κ3) is 4.63. The van der Waals surface area contributed by atoms with Crippen molar-refractivity contribution in [1.29, 1.82) is 0 Å². The van der Waals surface area contributed by atoms with Gasteiger partial charge in [0.1, 0.15) is 6.29 Å². The molecule has 0 bridgehead atoms. The normalized spacial score (nSPS) is 12.5. The highest BCUT2D eigenvalue weighted by atomic mass is 16.6. The number of aromatic carboxylic acids is 1. The summed E-state index contributed by atoms with van der Waals surface area (Å²) in [5.74, 6) is -3.59. The van der Waals surface area contributed by atoms with Crippen LogP contribution in [-0.4, -0.2) is 46.4 Å². The first-order valence-electron chi connectivity index (χ1n) is 6.26. The van der Waals surface area contributed by atoms with E-state index in [1.165, 1.54) is 24.3 Å². The second-order valence-electron chi connectivity index (χ2n) is 4.49. The summed E-state index contributed by atoms with van der Waals surface area (Å²) in [6, 6.07) is 5.11. The van der Waals surface area contributed by atoms with E-state index < -0.39 is 36.3 Å². The van der Waals surface area contributed by atoms with Crippen LogP contribution in [0.15, 0.2) is 24.3 Å². The summed E-state index contributed by atoms with van der Waals surface area (Å²) in [6.45, 7) is -0.146. The minimum Gasteiger partial charge on any atom is -0.478 e. The van der Waals surface area contributed by atoms with Crippen LogP contribution in [0.1, 0.15) is 23.2 Å². The number of aldehydes is 1. The van der Waals surface area contributed by atoms with Crippen molar-refractivity contribution in [3.05, 3.63) is 29.8 Å². The number of carboxylic acid groups (broad SMARTS) is 2. The standard InChI is InChI=1S/C14H13NO8/c16-6-5-14(13(21)22,23-8-17)7-11(18)15-10-3-1-9(2-4-10)12(19)20/h1-4,6,8H,5,7H2,(H,15,18)(H,19,20)(H,21,22). The summed E-state index contributed by atoms with van der Waals surface area (Å²) in [5, 5.41) is 20.2. The molecule has 9 nitrogen and oxygen atoms in total. The number of rotatable bonds is 9. The Bertz CT molecular complexity index is 612. The Balaban J connectivity index is 2.86. The Kier molecular flexibility index (Phi) is 5.95. The molecule has 0 saturated heterocycles. The van der Waals surface area contributed by atoms with E-state index in [0.29, 0.717) is 0 Å². The van der Waals surface area contributed by atoms with Crippen molar-refractivity contribution in [2.24, 2.45) is 0 Å². The van der Waals surface area contributed by atoms with E-state index in [9.17, 15) is 24.0 Å². The van der Waals surface area contributed by atoms with Crippen LogP contribution in [-0.2, 0) is 23.9 Å². The van der Waals surface area contributed by atoms with Gasteiger partial charge in [0.05, 0.1) is 18.4 Å². The molecule has 0 aliphatic heterocycles. The van der Waals surface area contributed by atoms with Gasteiger partial charge < -0.3 is 25.1 Å². The highest BCUT2D eigenvalue weighted by molar-refractivity contribution is 5.97. The second kappa shape index (κ2) is 7.69. The summed E-state index contributed by atoms with van der Waals surface area (Å²) in [6.07, 6.45) is -1.24. The highest BCUT2D eigenvalue weighted by Crippen LogP contribution is 2.21. The van der Waals surface area contributed by atoms with Crippen LogP contribution in [0.2, 0.25) is 0 Å². The molecular weight excluding hydrogens is 310 g/mol. The van der Waals surface area contributed by atoms with E-state index in [0.717, 1.165) is 0 Å². The molecular formula is C14H13NO8. The van der Waals surface area contributed by atoms with E-state index in [1.54, 1.807) is 0 Å². The molecule has 1 aromatic rings. The monoisotopic (exact) mass is 323 g/mol. The van der Waals surface area contributed by atoms with Crippen LogP contribution in [0.5, 0.6) is 0 Å². The summed E-state index contributed by atoms with van der Waals surface area (Å²) in [5.41, 5.74) is -2.06. The van der Waals surface area contributed by atoms with Crippen LogP contribution < -0.4 is 5.32 Å². The van der Waals surface area contributed by atoms with Gasteiger partial charge in [0.15, 0.2) is 0 Å². The van der Waals surface area contributed by atoms with Crippen molar-refractivity contribution in [3.63, 3.8) is 0 Å². The molecule has 122 valence electrons. The Morgan fingerprint density at radius 1 is 1.13 bits per heavy atom. The van der Waals surface area contributed by atoms with Crippen molar-refractivity contribution >= 4 is 36.3 Å². The van der Waals surface area contributed by atoms with Crippen LogP contribution in [0.3, 0.4) is 0 Å². The van der Waals surface area contributed by atoms with Gasteiger partial charge in [0.2, 0.25) is 11.5 Å². The minimum atomic E-state index is -2.28. The van der Waals surface area contributed by atoms with Crippen molar-refractivity contribution in [2.45, 2.75) is 18.4 Å². The quantitative estimate of drug-likeness (QED) is 0.550. The maximum absolute atomic E-state index is 11.9. The average molecular weight is 323 g/mol. The Labute approximate surface area is 129 Å². The van der Waals surface area contributed by atoms with Gasteiger partial charge >= 0.3 is 11.9 Å². The summed E-state index contributed by atoms with van der Waals surface area (Å²) < 4.78 is 4.44. The third-order valence-electron chi connectivity index (χ3n) is 2.94. The first kappa shape index (κ1) is 17.8. The Morgan fingerprint density at radius 2 is 1.74 bits per heavy atom. The number of carbonyl (C=O) groups is 5. The van der Waals surface area contributed by atoms with Crippen LogP contribution in [0, 0.1) is 0 Å². The van der Waals surface area contributed by atoms with Gasteiger partial charge in [0, 0.05) is 5.69 Å². The smallest absolute Gasteiger partial charge is 0.349 e. The van der Waals surface area contributed by atoms with E-state index in [4.69, 9.17) is 10.2 Å². The van der Waals surface area contributed by atoms with E-state index >= 15 is 0 Å². The zero-order chi connectivity index (χ0) is 17.5. The molecule has 0 aliphatic carbocycles. The first-order valence-corrected chi connectivity index (χ1v) is 6.26. The number of carbonyl (C=O) groups excluding carboxylic acids is 3. The van der Waals surface area contributed by atoms with Gasteiger partial charge in [-0.05, 0) is 24.3 Å². The van der Waals surface area contributed by atoms with Crippen molar-refractivity contribution in [1.82, 2.24) is 0 Å². The summed E-state index contributed by atoms with van der Waals surface area (Å²) in [4.78, 5) is 54.9. The Morgan fingerprint density at radius 3 is 2.17 bits per heavy atom. The number of benzene rings is 1. The second-order valence-corrected chi connectivity index (χ2v) is 4.49. The molecule has 1 atom stereocenters. The fourth-order valence-electron chi connectivity index (χ4n) is 1.76. The van der Waals surface area contributed by atoms with Crippen LogP contribution in [0.4, 0.5) is 5.69 Å². The molecule has 1 amide bonds. The number of anilines is 1. The van der Waals surface area contributed by atoms with Crippen molar-refractivity contribution in [2.75, 3.05) is 5.32 Å². The lowest BCUT2D eigenvalue weighted by molar-refractivity contribution is -0.173. The van der Waals surface area contributed by atoms with E-state index in [2.05, 4.69) is 10.1 Å². The van der Waals surface area contributed by atoms with Crippen molar-refractivity contribution < 1.29 is 38.9 Å². The van der Waals surface area contributed by atoms with Crippen LogP contribution >= 0.6 is 0 Å². The SMILES string of the molecule is O=CCC(CC(=O)Nc1ccc(C(=O)O)cc1)(OC=O)C(=O)O. The predicted octanol–water partition coefficient (Wildman–Crippen LogP) is 0.299. The molecule has 1 aromatic carbocycles. The maximum atomic E-state index is 11.9. The highest BCUT2D eigenvalue weighted by Gasteiger charge is 2.43. The lowest BCUT2D eigenvalue weighted by Crippen LogP contribution is -2.45. The first-order chi connectivity index (χ1) is 10.8. The zero-order valence-electron chi connectivity index (χ0n) is 11.7. The number of ether oxygens (including phenoxy) is 1. The topological polar surface area (TPSA) is 147 Å². The molecule has 0 aliphatic rings. The molecule has 23 heavy (non-hydrogen) atoms. The molecule has 9 heteroatoms. The number of hydrogen-bond donors (Lipinski definition) is 3. The molecule has 0 aromatic heterocycles. The third-order valence-corrected chi connectivity index (χ3v) is 2.94. The van der Waals surface area contributed by atoms with Gasteiger partial charge in [-0.25, -0.2) is 9.59 Å². The van der Waals surface area contributed by atoms with Gasteiger partial charge in [-0.3, -0.25) is 9.59 Å². The Hall–Kier alpha value is -3.23. The molecule has 3 N–H and O–H groups in total. The largest absolute Gasteiger partial charge is 0.478 e. The molecule has 0 fully saturated rings. The molecule has 0 spiro atoms. The van der Waals surface area contributed by atoms with Gasteiger partial charge in [-0.2, -0.15) is 0 Å².